The van der Waals surface area contributed by atoms with Gasteiger partial charge in [0.15, 0.2) is 0 Å². The van der Waals surface area contributed by atoms with E-state index in [4.69, 9.17) is 13.6 Å². The molecule has 0 amide bonds. The Kier molecular flexibility index (Phi) is 37.0. The molecule has 3 nitrogen and oxygen atoms in total. The van der Waals surface area contributed by atoms with E-state index in [2.05, 4.69) is 88.8 Å². The molecule has 3 unspecified atom stereocenters. The van der Waals surface area contributed by atoms with E-state index in [-0.39, 0.29) is 6.29 Å². The molecule has 0 heterocycles. The Hall–Kier alpha value is 0.0569. The zero-order valence-electron chi connectivity index (χ0n) is 35.9. The van der Waals surface area contributed by atoms with Gasteiger partial charge in [0.05, 0.1) is 6.61 Å². The maximum atomic E-state index is 6.61. The smallest absolute Gasteiger partial charge is 0.333 e. The fraction of sp³-hybridized carbons (Fsp3) is 0.913. The summed E-state index contributed by atoms with van der Waals surface area (Å²) in [5, 5.41) is 1.10. The number of alkyl halides is 1. The van der Waals surface area contributed by atoms with Gasteiger partial charge >= 0.3 is 8.56 Å². The summed E-state index contributed by atoms with van der Waals surface area (Å²) < 4.78 is 19.4. The zero-order chi connectivity index (χ0) is 37.8. The maximum Gasteiger partial charge on any atom is 0.333 e. The molecule has 304 valence electrons. The van der Waals surface area contributed by atoms with Crippen molar-refractivity contribution in [2.45, 2.75) is 234 Å². The van der Waals surface area contributed by atoms with Crippen LogP contribution in [0.2, 0.25) is 13.1 Å². The van der Waals surface area contributed by atoms with Crippen LogP contribution >= 0.6 is 15.9 Å². The standard InChI is InChI=1S/C46H91BrO3Si/c1-9-10-11-12-13-14-15-16-17-18-19-20-21-22-25-37-46(50-51(7,8)49-40-27-24-23-26-39-47)48-41-38-45(6)36-30-35-44(5)34-29-33-43(4)32-28-31-42(2)3/h16-17,38,42-44,46H,9-15,18-37,39-41H2,1-8H3/b17-16-,45-38+. The normalized spacial score (nSPS) is 14.6. The van der Waals surface area contributed by atoms with Crippen LogP contribution in [0.25, 0.3) is 0 Å². The van der Waals surface area contributed by atoms with Crippen molar-refractivity contribution in [3.05, 3.63) is 23.8 Å². The van der Waals surface area contributed by atoms with Gasteiger partial charge in [0.25, 0.3) is 0 Å². The maximum absolute atomic E-state index is 6.61. The number of hydrogen-bond donors (Lipinski definition) is 0. The van der Waals surface area contributed by atoms with E-state index in [0.717, 1.165) is 49.0 Å². The second-order valence-electron chi connectivity index (χ2n) is 17.0. The summed E-state index contributed by atoms with van der Waals surface area (Å²) in [6, 6.07) is 0. The molecule has 0 radical (unpaired) electrons. The molecule has 0 aliphatic rings. The molecule has 5 heteroatoms. The third kappa shape index (κ3) is 38.1. The lowest BCUT2D eigenvalue weighted by molar-refractivity contribution is -0.0939. The van der Waals surface area contributed by atoms with Crippen LogP contribution in [0.5, 0.6) is 0 Å². The predicted molar refractivity (Wildman–Crippen MR) is 234 cm³/mol. The molecule has 0 rings (SSSR count). The van der Waals surface area contributed by atoms with Crippen LogP contribution < -0.4 is 0 Å². The SMILES string of the molecule is CCCCCCCC/C=C\CCCCCCCC(OC/C=C(\C)CCCC(C)CCCC(C)CCCC(C)C)O[Si](C)(C)OCCCCCCBr. The molecule has 0 saturated carbocycles. The largest absolute Gasteiger partial charge is 0.394 e. The number of rotatable bonds is 39. The quantitative estimate of drug-likeness (QED) is 0.0204. The first-order valence-corrected chi connectivity index (χ1v) is 26.3. The minimum atomic E-state index is -2.25. The molecule has 51 heavy (non-hydrogen) atoms. The summed E-state index contributed by atoms with van der Waals surface area (Å²) in [5.74, 6) is 2.57. The van der Waals surface area contributed by atoms with Crippen molar-refractivity contribution in [1.29, 1.82) is 0 Å². The summed E-state index contributed by atoms with van der Waals surface area (Å²) in [5.41, 5.74) is 1.46. The molecular formula is C46H91BrO3Si. The average molecular weight is 800 g/mol. The van der Waals surface area contributed by atoms with Crippen LogP contribution in [0, 0.1) is 17.8 Å². The van der Waals surface area contributed by atoms with Gasteiger partial charge in [-0.25, -0.2) is 0 Å². The molecule has 0 fully saturated rings. The molecule has 0 aromatic rings. The van der Waals surface area contributed by atoms with Crippen LogP contribution in [0.4, 0.5) is 0 Å². The highest BCUT2D eigenvalue weighted by molar-refractivity contribution is 9.09. The third-order valence-electron chi connectivity index (χ3n) is 10.4. The summed E-state index contributed by atoms with van der Waals surface area (Å²) in [6.07, 6.45) is 42.2. The van der Waals surface area contributed by atoms with Crippen LogP contribution in [-0.2, 0) is 13.6 Å². The summed E-state index contributed by atoms with van der Waals surface area (Å²) in [7, 11) is -2.25. The van der Waals surface area contributed by atoms with Gasteiger partial charge in [-0.3, -0.25) is 0 Å². The van der Waals surface area contributed by atoms with Crippen molar-refractivity contribution in [2.75, 3.05) is 18.5 Å². The third-order valence-corrected chi connectivity index (χ3v) is 12.7. The van der Waals surface area contributed by atoms with Crippen LogP contribution in [0.15, 0.2) is 23.8 Å². The van der Waals surface area contributed by atoms with Crippen molar-refractivity contribution in [2.24, 2.45) is 17.8 Å². The number of allylic oxidation sites excluding steroid dienone is 3. The first kappa shape index (κ1) is 51.1. The first-order valence-electron chi connectivity index (χ1n) is 22.4. The lowest BCUT2D eigenvalue weighted by atomic mass is 9.91. The van der Waals surface area contributed by atoms with Crippen molar-refractivity contribution in [3.63, 3.8) is 0 Å². The van der Waals surface area contributed by atoms with E-state index in [1.54, 1.807) is 0 Å². The van der Waals surface area contributed by atoms with Gasteiger partial charge in [-0.15, -0.1) is 0 Å². The number of ether oxygens (including phenoxy) is 1. The first-order chi connectivity index (χ1) is 24.6. The van der Waals surface area contributed by atoms with E-state index in [1.807, 2.05) is 0 Å². The molecule has 0 aromatic heterocycles. The van der Waals surface area contributed by atoms with Crippen molar-refractivity contribution in [1.82, 2.24) is 0 Å². The van der Waals surface area contributed by atoms with E-state index < -0.39 is 8.56 Å². The summed E-state index contributed by atoms with van der Waals surface area (Å²) >= 11 is 3.54. The Labute approximate surface area is 331 Å². The van der Waals surface area contributed by atoms with Gasteiger partial charge in [-0.1, -0.05) is 184 Å². The molecule has 0 aromatic carbocycles. The van der Waals surface area contributed by atoms with E-state index in [1.165, 1.54) is 160 Å². The van der Waals surface area contributed by atoms with Gasteiger partial charge in [0.2, 0.25) is 0 Å². The Bertz CT molecular complexity index is 782. The monoisotopic (exact) mass is 799 g/mol. The van der Waals surface area contributed by atoms with E-state index in [0.29, 0.717) is 6.61 Å². The average Bonchev–Trinajstić information content (AvgIpc) is 3.07. The minimum Gasteiger partial charge on any atom is -0.394 e. The second kappa shape index (κ2) is 37.0. The molecule has 0 aliphatic carbocycles. The molecule has 3 atom stereocenters. The summed E-state index contributed by atoms with van der Waals surface area (Å²) in [4.78, 5) is 0. The van der Waals surface area contributed by atoms with E-state index >= 15 is 0 Å². The highest BCUT2D eigenvalue weighted by Crippen LogP contribution is 2.23. The fourth-order valence-electron chi connectivity index (χ4n) is 6.88. The van der Waals surface area contributed by atoms with Crippen molar-refractivity contribution in [3.8, 4) is 0 Å². The molecule has 0 aliphatic heterocycles. The summed E-state index contributed by atoms with van der Waals surface area (Å²) in [6.45, 7) is 20.0. The van der Waals surface area contributed by atoms with Crippen LogP contribution in [0.1, 0.15) is 215 Å². The highest BCUT2D eigenvalue weighted by atomic mass is 79.9. The minimum absolute atomic E-state index is 0.165. The lowest BCUT2D eigenvalue weighted by Crippen LogP contribution is -2.40. The number of hydrogen-bond acceptors (Lipinski definition) is 3. The molecule has 0 spiro atoms. The molecule has 0 N–H and O–H groups in total. The Balaban J connectivity index is 4.48. The number of halogens is 1. The van der Waals surface area contributed by atoms with Crippen molar-refractivity contribution < 1.29 is 13.6 Å². The predicted octanol–water partition coefficient (Wildman–Crippen LogP) is 16.4. The number of unbranched alkanes of at least 4 members (excludes halogenated alkanes) is 14. The lowest BCUT2D eigenvalue weighted by Gasteiger charge is -2.29. The Morgan fingerprint density at radius 3 is 1.75 bits per heavy atom. The molecule has 0 saturated heterocycles. The topological polar surface area (TPSA) is 27.7 Å². The van der Waals surface area contributed by atoms with Gasteiger partial charge in [-0.2, -0.15) is 0 Å². The fourth-order valence-corrected chi connectivity index (χ4v) is 8.80. The van der Waals surface area contributed by atoms with Gasteiger partial charge < -0.3 is 13.6 Å². The highest BCUT2D eigenvalue weighted by Gasteiger charge is 2.29. The van der Waals surface area contributed by atoms with Gasteiger partial charge in [0, 0.05) is 11.9 Å². The molecular weight excluding hydrogens is 708 g/mol. The molecule has 0 bridgehead atoms. The van der Waals surface area contributed by atoms with Crippen LogP contribution in [-0.4, -0.2) is 33.4 Å². The van der Waals surface area contributed by atoms with Gasteiger partial charge in [0.1, 0.15) is 6.29 Å². The second-order valence-corrected chi connectivity index (χ2v) is 21.1. The van der Waals surface area contributed by atoms with E-state index in [9.17, 15) is 0 Å². The zero-order valence-corrected chi connectivity index (χ0v) is 38.4. The Morgan fingerprint density at radius 1 is 0.608 bits per heavy atom. The van der Waals surface area contributed by atoms with Crippen LogP contribution in [0.3, 0.4) is 0 Å². The Morgan fingerprint density at radius 2 is 1.14 bits per heavy atom. The van der Waals surface area contributed by atoms with Gasteiger partial charge in [-0.05, 0) is 102 Å². The van der Waals surface area contributed by atoms with Crippen molar-refractivity contribution >= 4 is 24.5 Å².